The first-order valence-electron chi connectivity index (χ1n) is 8.29. The molecule has 8 heteroatoms. The summed E-state index contributed by atoms with van der Waals surface area (Å²) in [4.78, 5) is 27.3. The largest absolute Gasteiger partial charge is 0.481 e. The number of methoxy groups -OCH3 is 1. The van der Waals surface area contributed by atoms with E-state index >= 15 is 0 Å². The highest BCUT2D eigenvalue weighted by Gasteiger charge is 2.16. The van der Waals surface area contributed by atoms with Crippen LogP contribution in [0.1, 0.15) is 36.7 Å². The molecule has 0 spiro atoms. The number of ether oxygens (including phenoxy) is 2. The molecule has 0 aliphatic rings. The first-order valence-corrected chi connectivity index (χ1v) is 8.29. The molecule has 2 aromatic rings. The van der Waals surface area contributed by atoms with Crippen LogP contribution in [0.3, 0.4) is 0 Å². The molecule has 0 unspecified atom stereocenters. The van der Waals surface area contributed by atoms with E-state index in [1.54, 1.807) is 39.0 Å². The first-order chi connectivity index (χ1) is 12.7. The molecule has 1 aromatic carbocycles. The van der Waals surface area contributed by atoms with Crippen molar-refractivity contribution in [2.45, 2.75) is 32.9 Å². The lowest BCUT2D eigenvalue weighted by Crippen LogP contribution is -2.32. The van der Waals surface area contributed by atoms with Crippen LogP contribution in [0.25, 0.3) is 0 Å². The van der Waals surface area contributed by atoms with Gasteiger partial charge >= 0.3 is 12.1 Å². The molecule has 144 valence electrons. The third-order valence-electron chi connectivity index (χ3n) is 3.33. The van der Waals surface area contributed by atoms with Gasteiger partial charge in [-0.25, -0.2) is 9.59 Å². The summed E-state index contributed by atoms with van der Waals surface area (Å²) >= 11 is 0. The summed E-state index contributed by atoms with van der Waals surface area (Å²) in [6.45, 7) is 5.64. The molecule has 0 saturated heterocycles. The van der Waals surface area contributed by atoms with Gasteiger partial charge in [-0.15, -0.1) is 0 Å². The Morgan fingerprint density at radius 3 is 2.56 bits per heavy atom. The highest BCUT2D eigenvalue weighted by molar-refractivity contribution is 5.94. The number of anilines is 2. The van der Waals surface area contributed by atoms with E-state index in [4.69, 9.17) is 9.47 Å². The standard InChI is InChI=1S/C19H23N3O5/c1-19(2,3)27-18(25)20-11-12-6-5-7-13(10-12)21-16-14(17(23)24)8-9-15(22-16)26-4/h5-10H,11H2,1-4H3,(H,20,25)(H,21,22)(H,23,24). The SMILES string of the molecule is COc1ccc(C(=O)O)c(Nc2cccc(CNC(=O)OC(C)(C)C)c2)n1. The van der Waals surface area contributed by atoms with E-state index < -0.39 is 17.7 Å². The summed E-state index contributed by atoms with van der Waals surface area (Å²) in [6.07, 6.45) is -0.511. The number of pyridine rings is 1. The Balaban J connectivity index is 2.12. The molecule has 0 bridgehead atoms. The zero-order valence-electron chi connectivity index (χ0n) is 15.7. The minimum Gasteiger partial charge on any atom is -0.481 e. The Labute approximate surface area is 157 Å². The van der Waals surface area contributed by atoms with Crippen LogP contribution >= 0.6 is 0 Å². The van der Waals surface area contributed by atoms with E-state index in [-0.39, 0.29) is 17.9 Å². The minimum absolute atomic E-state index is 0.0214. The van der Waals surface area contributed by atoms with Crippen LogP contribution in [0.2, 0.25) is 0 Å². The third kappa shape index (κ3) is 6.18. The monoisotopic (exact) mass is 373 g/mol. The highest BCUT2D eigenvalue weighted by Crippen LogP contribution is 2.23. The number of nitrogens with zero attached hydrogens (tertiary/aromatic N) is 1. The summed E-state index contributed by atoms with van der Waals surface area (Å²) in [5.41, 5.74) is 0.888. The van der Waals surface area contributed by atoms with Crippen molar-refractivity contribution < 1.29 is 24.2 Å². The summed E-state index contributed by atoms with van der Waals surface area (Å²) in [7, 11) is 1.45. The van der Waals surface area contributed by atoms with Crippen LogP contribution in [0.15, 0.2) is 36.4 Å². The molecule has 27 heavy (non-hydrogen) atoms. The topological polar surface area (TPSA) is 110 Å². The zero-order chi connectivity index (χ0) is 20.0. The number of carboxylic acids is 1. The first kappa shape index (κ1) is 20.0. The van der Waals surface area contributed by atoms with Crippen LogP contribution in [-0.2, 0) is 11.3 Å². The molecule has 0 radical (unpaired) electrons. The molecule has 0 aliphatic carbocycles. The average molecular weight is 373 g/mol. The Bertz CT molecular complexity index is 830. The molecule has 2 rings (SSSR count). The lowest BCUT2D eigenvalue weighted by atomic mass is 10.2. The van der Waals surface area contributed by atoms with Crippen LogP contribution in [0.5, 0.6) is 5.88 Å². The highest BCUT2D eigenvalue weighted by atomic mass is 16.6. The molecule has 3 N–H and O–H groups in total. The van der Waals surface area contributed by atoms with E-state index in [2.05, 4.69) is 15.6 Å². The Morgan fingerprint density at radius 1 is 1.19 bits per heavy atom. The second-order valence-corrected chi connectivity index (χ2v) is 6.74. The number of hydrogen-bond acceptors (Lipinski definition) is 6. The number of aromatic nitrogens is 1. The van der Waals surface area contributed by atoms with Crippen LogP contribution in [-0.4, -0.2) is 34.9 Å². The molecular formula is C19H23N3O5. The van der Waals surface area contributed by atoms with Gasteiger partial charge in [0.2, 0.25) is 5.88 Å². The summed E-state index contributed by atoms with van der Waals surface area (Å²) in [5, 5.41) is 15.0. The van der Waals surface area contributed by atoms with Gasteiger partial charge in [0.1, 0.15) is 17.0 Å². The Morgan fingerprint density at radius 2 is 1.93 bits per heavy atom. The second kappa shape index (κ2) is 8.39. The fraction of sp³-hybridized carbons (Fsp3) is 0.316. The normalized spacial score (nSPS) is 10.8. The van der Waals surface area contributed by atoms with Gasteiger partial charge in [0, 0.05) is 18.3 Å². The second-order valence-electron chi connectivity index (χ2n) is 6.74. The lowest BCUT2D eigenvalue weighted by molar-refractivity contribution is 0.0523. The maximum atomic E-state index is 11.8. The van der Waals surface area contributed by atoms with Gasteiger partial charge in [-0.1, -0.05) is 12.1 Å². The molecule has 0 saturated carbocycles. The number of carbonyl (C=O) groups is 2. The van der Waals surface area contributed by atoms with E-state index in [1.807, 2.05) is 6.07 Å². The van der Waals surface area contributed by atoms with Crippen LogP contribution in [0, 0.1) is 0 Å². The van der Waals surface area contributed by atoms with Crippen molar-refractivity contribution in [1.82, 2.24) is 10.3 Å². The van der Waals surface area contributed by atoms with E-state index in [9.17, 15) is 14.7 Å². The number of alkyl carbamates (subject to hydrolysis) is 1. The number of benzene rings is 1. The summed E-state index contributed by atoms with van der Waals surface area (Å²) in [6, 6.07) is 10.1. The van der Waals surface area contributed by atoms with Gasteiger partial charge in [0.05, 0.1) is 7.11 Å². The molecular weight excluding hydrogens is 350 g/mol. The molecule has 1 heterocycles. The lowest BCUT2D eigenvalue weighted by Gasteiger charge is -2.19. The quantitative estimate of drug-likeness (QED) is 0.710. The molecule has 0 aliphatic heterocycles. The zero-order valence-corrected chi connectivity index (χ0v) is 15.7. The van der Waals surface area contributed by atoms with E-state index in [0.29, 0.717) is 11.6 Å². The Hall–Kier alpha value is -3.29. The van der Waals surface area contributed by atoms with Crippen molar-refractivity contribution in [3.63, 3.8) is 0 Å². The fourth-order valence-corrected chi connectivity index (χ4v) is 2.21. The molecule has 0 atom stereocenters. The van der Waals surface area contributed by atoms with E-state index in [0.717, 1.165) is 5.56 Å². The Kier molecular flexibility index (Phi) is 6.23. The maximum Gasteiger partial charge on any atom is 0.407 e. The number of amides is 1. The van der Waals surface area contributed by atoms with Crippen molar-refractivity contribution in [2.24, 2.45) is 0 Å². The molecule has 8 nitrogen and oxygen atoms in total. The van der Waals surface area contributed by atoms with Crippen molar-refractivity contribution in [3.8, 4) is 5.88 Å². The average Bonchev–Trinajstić information content (AvgIpc) is 2.58. The van der Waals surface area contributed by atoms with E-state index in [1.165, 1.54) is 19.2 Å². The summed E-state index contributed by atoms with van der Waals surface area (Å²) in [5.74, 6) is -0.639. The van der Waals surface area contributed by atoms with Crippen LogP contribution < -0.4 is 15.4 Å². The minimum atomic E-state index is -1.10. The van der Waals surface area contributed by atoms with Gasteiger partial charge in [-0.05, 0) is 44.5 Å². The number of hydrogen-bond donors (Lipinski definition) is 3. The molecule has 1 amide bonds. The van der Waals surface area contributed by atoms with Crippen molar-refractivity contribution in [3.05, 3.63) is 47.5 Å². The van der Waals surface area contributed by atoms with Gasteiger partial charge in [-0.2, -0.15) is 4.98 Å². The van der Waals surface area contributed by atoms with Crippen molar-refractivity contribution >= 4 is 23.6 Å². The van der Waals surface area contributed by atoms with Gasteiger partial charge < -0.3 is 25.2 Å². The van der Waals surface area contributed by atoms with Gasteiger partial charge in [0.25, 0.3) is 0 Å². The summed E-state index contributed by atoms with van der Waals surface area (Å²) < 4.78 is 10.2. The third-order valence-corrected chi connectivity index (χ3v) is 3.33. The van der Waals surface area contributed by atoms with Gasteiger partial charge in [-0.3, -0.25) is 0 Å². The van der Waals surface area contributed by atoms with Gasteiger partial charge in [0.15, 0.2) is 0 Å². The van der Waals surface area contributed by atoms with Crippen LogP contribution in [0.4, 0.5) is 16.3 Å². The fourth-order valence-electron chi connectivity index (χ4n) is 2.21. The molecule has 0 fully saturated rings. The van der Waals surface area contributed by atoms with Crippen molar-refractivity contribution in [2.75, 3.05) is 12.4 Å². The smallest absolute Gasteiger partial charge is 0.407 e. The maximum absolute atomic E-state index is 11.8. The number of rotatable bonds is 6. The molecule has 1 aromatic heterocycles. The number of carbonyl (C=O) groups excluding carboxylic acids is 1. The number of aromatic carboxylic acids is 1. The number of carboxylic acid groups (broad SMARTS) is 1. The predicted octanol–water partition coefficient (Wildman–Crippen LogP) is 3.56. The number of nitrogens with one attached hydrogen (secondary N) is 2. The van der Waals surface area contributed by atoms with Crippen molar-refractivity contribution in [1.29, 1.82) is 0 Å². The predicted molar refractivity (Wildman–Crippen MR) is 101 cm³/mol.